The van der Waals surface area contributed by atoms with Crippen LogP contribution in [0, 0.1) is 25.2 Å². The average Bonchev–Trinajstić information content (AvgIpc) is 2.95. The van der Waals surface area contributed by atoms with E-state index in [0.29, 0.717) is 17.2 Å². The number of hydrogen-bond donors (Lipinski definition) is 3. The highest BCUT2D eigenvalue weighted by molar-refractivity contribution is 7.99. The van der Waals surface area contributed by atoms with E-state index in [9.17, 15) is 5.26 Å². The fourth-order valence-electron chi connectivity index (χ4n) is 2.30. The summed E-state index contributed by atoms with van der Waals surface area (Å²) >= 11 is 1.61. The van der Waals surface area contributed by atoms with E-state index >= 15 is 0 Å². The number of aromatic amines is 1. The minimum atomic E-state index is 0.257. The molecule has 0 aliphatic rings. The van der Waals surface area contributed by atoms with Gasteiger partial charge in [0.25, 0.3) is 0 Å². The van der Waals surface area contributed by atoms with Crippen LogP contribution in [0.25, 0.3) is 0 Å². The van der Waals surface area contributed by atoms with Crippen LogP contribution >= 0.6 is 11.8 Å². The van der Waals surface area contributed by atoms with Gasteiger partial charge in [-0.1, -0.05) is 12.8 Å². The highest BCUT2D eigenvalue weighted by atomic mass is 32.2. The third-order valence-electron chi connectivity index (χ3n) is 3.55. The lowest BCUT2D eigenvalue weighted by atomic mass is 10.2. The molecule has 2 rings (SSSR count). The Morgan fingerprint density at radius 2 is 2.00 bits per heavy atom. The van der Waals surface area contributed by atoms with Gasteiger partial charge in [0.05, 0.1) is 5.56 Å². The van der Waals surface area contributed by atoms with Gasteiger partial charge in [-0.05, 0) is 44.1 Å². The van der Waals surface area contributed by atoms with E-state index in [0.717, 1.165) is 47.7 Å². The number of nitriles is 1. The van der Waals surface area contributed by atoms with Crippen LogP contribution in [0.2, 0.25) is 0 Å². The Hall–Kier alpha value is -2.04. The molecule has 2 aromatic rings. The standard InChI is InChI=1S/C17H23N5OS/c1-12-9-15(19-16-10-13(2)21-22-16)20-17(14(12)11-18)24-8-6-4-3-5-7-23/h9-10,23H,3-8H2,1-2H3,(H2,19,20,21,22). The topological polar surface area (TPSA) is 97.6 Å². The van der Waals surface area contributed by atoms with Gasteiger partial charge in [-0.15, -0.1) is 11.8 Å². The van der Waals surface area contributed by atoms with Crippen molar-refractivity contribution in [3.63, 3.8) is 0 Å². The zero-order chi connectivity index (χ0) is 17.4. The maximum Gasteiger partial charge on any atom is 0.153 e. The number of anilines is 2. The molecule has 0 amide bonds. The number of unbranched alkanes of at least 4 members (excludes halogenated alkanes) is 3. The molecule has 0 radical (unpaired) electrons. The minimum absolute atomic E-state index is 0.257. The first-order valence-corrected chi connectivity index (χ1v) is 9.07. The molecule has 0 aromatic carbocycles. The Balaban J connectivity index is 2.03. The Labute approximate surface area is 146 Å². The number of nitrogens with one attached hydrogen (secondary N) is 2. The molecular weight excluding hydrogens is 322 g/mol. The zero-order valence-corrected chi connectivity index (χ0v) is 14.9. The van der Waals surface area contributed by atoms with E-state index in [1.165, 1.54) is 0 Å². The van der Waals surface area contributed by atoms with Crippen molar-refractivity contribution in [2.24, 2.45) is 0 Å². The van der Waals surface area contributed by atoms with Crippen molar-refractivity contribution in [2.45, 2.75) is 44.6 Å². The van der Waals surface area contributed by atoms with Gasteiger partial charge in [0.1, 0.15) is 16.9 Å². The lowest BCUT2D eigenvalue weighted by molar-refractivity contribution is 0.283. The second kappa shape index (κ2) is 9.30. The number of thioether (sulfide) groups is 1. The average molecular weight is 345 g/mol. The van der Waals surface area contributed by atoms with Crippen LogP contribution in [-0.4, -0.2) is 32.6 Å². The first-order chi connectivity index (χ1) is 11.6. The van der Waals surface area contributed by atoms with Crippen LogP contribution in [0.5, 0.6) is 0 Å². The summed E-state index contributed by atoms with van der Waals surface area (Å²) in [5.74, 6) is 2.32. The van der Waals surface area contributed by atoms with E-state index in [4.69, 9.17) is 5.11 Å². The predicted molar refractivity (Wildman–Crippen MR) is 96.6 cm³/mol. The summed E-state index contributed by atoms with van der Waals surface area (Å²) < 4.78 is 0. The normalized spacial score (nSPS) is 10.6. The maximum absolute atomic E-state index is 9.39. The van der Waals surface area contributed by atoms with E-state index in [1.54, 1.807) is 11.8 Å². The van der Waals surface area contributed by atoms with Crippen molar-refractivity contribution in [3.8, 4) is 6.07 Å². The Bertz CT molecular complexity index is 707. The molecule has 128 valence electrons. The summed E-state index contributed by atoms with van der Waals surface area (Å²) in [6, 6.07) is 6.03. The van der Waals surface area contributed by atoms with Crippen LogP contribution in [0.15, 0.2) is 17.2 Å². The molecule has 2 heterocycles. The number of rotatable bonds is 9. The van der Waals surface area contributed by atoms with Gasteiger partial charge >= 0.3 is 0 Å². The van der Waals surface area contributed by atoms with Crippen LogP contribution in [0.3, 0.4) is 0 Å². The van der Waals surface area contributed by atoms with E-state index < -0.39 is 0 Å². The number of pyridine rings is 1. The van der Waals surface area contributed by atoms with Crippen LogP contribution in [0.1, 0.15) is 42.5 Å². The van der Waals surface area contributed by atoms with Crippen molar-refractivity contribution < 1.29 is 5.11 Å². The number of aryl methyl sites for hydroxylation is 2. The molecule has 24 heavy (non-hydrogen) atoms. The Morgan fingerprint density at radius 3 is 2.67 bits per heavy atom. The zero-order valence-electron chi connectivity index (χ0n) is 14.1. The quantitative estimate of drug-likeness (QED) is 0.474. The van der Waals surface area contributed by atoms with E-state index in [-0.39, 0.29) is 6.61 Å². The van der Waals surface area contributed by atoms with Gasteiger partial charge in [-0.3, -0.25) is 5.10 Å². The van der Waals surface area contributed by atoms with Crippen molar-refractivity contribution in [1.82, 2.24) is 15.2 Å². The predicted octanol–water partition coefficient (Wildman–Crippen LogP) is 3.68. The number of aliphatic hydroxyl groups is 1. The summed E-state index contributed by atoms with van der Waals surface area (Å²) in [7, 11) is 0. The smallest absolute Gasteiger partial charge is 0.153 e. The van der Waals surface area contributed by atoms with Gasteiger partial charge in [0, 0.05) is 18.4 Å². The number of aromatic nitrogens is 3. The third-order valence-corrected chi connectivity index (χ3v) is 4.61. The maximum atomic E-state index is 9.39. The van der Waals surface area contributed by atoms with Crippen molar-refractivity contribution in [2.75, 3.05) is 17.7 Å². The molecule has 0 aliphatic heterocycles. The SMILES string of the molecule is Cc1cc(Nc2cc(C)c(C#N)c(SCCCCCCO)n2)n[nH]1. The van der Waals surface area contributed by atoms with Gasteiger partial charge in [-0.2, -0.15) is 10.4 Å². The number of H-pyrrole nitrogens is 1. The molecule has 3 N–H and O–H groups in total. The second-order valence-corrected chi connectivity index (χ2v) is 6.75. The molecule has 0 aliphatic carbocycles. The van der Waals surface area contributed by atoms with Gasteiger partial charge < -0.3 is 10.4 Å². The van der Waals surface area contributed by atoms with Gasteiger partial charge in [-0.25, -0.2) is 4.98 Å². The summed E-state index contributed by atoms with van der Waals surface area (Å²) in [5, 5.41) is 29.1. The highest BCUT2D eigenvalue weighted by Gasteiger charge is 2.11. The Morgan fingerprint density at radius 1 is 1.21 bits per heavy atom. The van der Waals surface area contributed by atoms with Crippen molar-refractivity contribution in [3.05, 3.63) is 29.0 Å². The van der Waals surface area contributed by atoms with E-state index in [2.05, 4.69) is 26.6 Å². The summed E-state index contributed by atoms with van der Waals surface area (Å²) in [5.41, 5.74) is 2.52. The highest BCUT2D eigenvalue weighted by Crippen LogP contribution is 2.27. The largest absolute Gasteiger partial charge is 0.396 e. The fraction of sp³-hybridized carbons (Fsp3) is 0.471. The first kappa shape index (κ1) is 18.3. The van der Waals surface area contributed by atoms with Crippen molar-refractivity contribution in [1.29, 1.82) is 5.26 Å². The monoisotopic (exact) mass is 345 g/mol. The molecule has 2 aromatic heterocycles. The summed E-state index contributed by atoms with van der Waals surface area (Å²) in [4.78, 5) is 4.58. The van der Waals surface area contributed by atoms with Crippen LogP contribution < -0.4 is 5.32 Å². The van der Waals surface area contributed by atoms with Crippen molar-refractivity contribution >= 4 is 23.4 Å². The summed E-state index contributed by atoms with van der Waals surface area (Å²) in [6.45, 7) is 4.12. The molecule has 0 saturated heterocycles. The molecule has 0 unspecified atom stereocenters. The van der Waals surface area contributed by atoms with Gasteiger partial charge in [0.2, 0.25) is 0 Å². The fourth-order valence-corrected chi connectivity index (χ4v) is 3.35. The molecular formula is C17H23N5OS. The molecule has 6 nitrogen and oxygen atoms in total. The lowest BCUT2D eigenvalue weighted by Gasteiger charge is -2.10. The first-order valence-electron chi connectivity index (χ1n) is 8.08. The minimum Gasteiger partial charge on any atom is -0.396 e. The van der Waals surface area contributed by atoms with Crippen LogP contribution in [0.4, 0.5) is 11.6 Å². The molecule has 7 heteroatoms. The number of hydrogen-bond acceptors (Lipinski definition) is 6. The molecule has 0 atom stereocenters. The molecule has 0 spiro atoms. The molecule has 0 saturated carbocycles. The second-order valence-electron chi connectivity index (χ2n) is 5.66. The number of nitrogens with zero attached hydrogens (tertiary/aromatic N) is 3. The summed E-state index contributed by atoms with van der Waals surface area (Å²) in [6.07, 6.45) is 4.02. The lowest BCUT2D eigenvalue weighted by Crippen LogP contribution is -2.00. The number of aliphatic hydroxyl groups excluding tert-OH is 1. The Kier molecular flexibility index (Phi) is 7.09. The molecule has 0 fully saturated rings. The van der Waals surface area contributed by atoms with E-state index in [1.807, 2.05) is 26.0 Å². The molecule has 0 bridgehead atoms. The van der Waals surface area contributed by atoms with Crippen LogP contribution in [-0.2, 0) is 0 Å². The van der Waals surface area contributed by atoms with Gasteiger partial charge in [0.15, 0.2) is 5.82 Å². The third kappa shape index (κ3) is 5.25.